The fourth-order valence-electron chi connectivity index (χ4n) is 1.50. The molecule has 1 amide bonds. The number of rotatable bonds is 2. The minimum absolute atomic E-state index is 0.0766. The van der Waals surface area contributed by atoms with E-state index in [9.17, 15) is 18.4 Å². The van der Waals surface area contributed by atoms with Gasteiger partial charge in [-0.15, -0.1) is 0 Å². The number of hydrogen-bond acceptors (Lipinski definition) is 3. The normalized spacial score (nSPS) is 10.5. The van der Waals surface area contributed by atoms with E-state index >= 15 is 0 Å². The van der Waals surface area contributed by atoms with Gasteiger partial charge < -0.3 is 5.32 Å². The Balaban J connectivity index is 2.33. The lowest BCUT2D eigenvalue weighted by Gasteiger charge is -2.04. The SMILES string of the molecule is CC(=O)n1nc(C(=O)Nc2ccc(F)cc2F)c(Br)c1Cl. The van der Waals surface area contributed by atoms with Crippen LogP contribution in [0, 0.1) is 11.6 Å². The van der Waals surface area contributed by atoms with Gasteiger partial charge in [0.25, 0.3) is 5.91 Å². The zero-order chi connectivity index (χ0) is 15.7. The molecule has 0 aliphatic heterocycles. The number of nitrogens with one attached hydrogen (secondary N) is 1. The first-order chi connectivity index (χ1) is 9.81. The third-order valence-electron chi connectivity index (χ3n) is 2.47. The van der Waals surface area contributed by atoms with Crippen molar-refractivity contribution >= 4 is 45.0 Å². The Labute approximate surface area is 131 Å². The van der Waals surface area contributed by atoms with Gasteiger partial charge in [0.05, 0.1) is 10.2 Å². The van der Waals surface area contributed by atoms with Crippen LogP contribution in [0.3, 0.4) is 0 Å². The predicted molar refractivity (Wildman–Crippen MR) is 75.5 cm³/mol. The van der Waals surface area contributed by atoms with E-state index in [2.05, 4.69) is 26.3 Å². The molecule has 110 valence electrons. The van der Waals surface area contributed by atoms with Crippen LogP contribution in [0.2, 0.25) is 5.15 Å². The first-order valence-electron chi connectivity index (χ1n) is 5.52. The number of halogens is 4. The summed E-state index contributed by atoms with van der Waals surface area (Å²) in [5.41, 5.74) is -0.416. The number of carbonyl (C=O) groups is 2. The maximum Gasteiger partial charge on any atom is 0.277 e. The molecule has 5 nitrogen and oxygen atoms in total. The minimum atomic E-state index is -0.934. The highest BCUT2D eigenvalue weighted by Gasteiger charge is 2.22. The van der Waals surface area contributed by atoms with E-state index < -0.39 is 23.4 Å². The van der Waals surface area contributed by atoms with Gasteiger partial charge in [0.1, 0.15) is 11.6 Å². The van der Waals surface area contributed by atoms with Crippen LogP contribution >= 0.6 is 27.5 Å². The number of anilines is 1. The molecular formula is C12H7BrClF2N3O2. The first kappa shape index (κ1) is 15.6. The van der Waals surface area contributed by atoms with Gasteiger partial charge in [-0.05, 0) is 28.1 Å². The molecule has 9 heteroatoms. The van der Waals surface area contributed by atoms with E-state index in [-0.39, 0.29) is 21.0 Å². The first-order valence-corrected chi connectivity index (χ1v) is 6.69. The zero-order valence-electron chi connectivity index (χ0n) is 10.5. The molecule has 1 aromatic heterocycles. The number of nitrogens with zero attached hydrogens (tertiary/aromatic N) is 2. The van der Waals surface area contributed by atoms with Crippen molar-refractivity contribution in [3.8, 4) is 0 Å². The molecule has 0 unspecified atom stereocenters. The van der Waals surface area contributed by atoms with Crippen molar-refractivity contribution < 1.29 is 18.4 Å². The third-order valence-corrected chi connectivity index (χ3v) is 3.80. The van der Waals surface area contributed by atoms with Crippen LogP contribution in [-0.2, 0) is 0 Å². The van der Waals surface area contributed by atoms with Gasteiger partial charge in [-0.2, -0.15) is 9.78 Å². The van der Waals surface area contributed by atoms with Crippen molar-refractivity contribution in [2.75, 3.05) is 5.32 Å². The molecule has 21 heavy (non-hydrogen) atoms. The quantitative estimate of drug-likeness (QED) is 0.870. The Bertz CT molecular complexity index is 748. The lowest BCUT2D eigenvalue weighted by Crippen LogP contribution is -2.16. The fraction of sp³-hybridized carbons (Fsp3) is 0.0833. The Morgan fingerprint density at radius 1 is 1.38 bits per heavy atom. The molecule has 0 aliphatic carbocycles. The molecule has 0 fully saturated rings. The van der Waals surface area contributed by atoms with Gasteiger partial charge in [0.2, 0.25) is 5.91 Å². The van der Waals surface area contributed by atoms with E-state index in [0.29, 0.717) is 6.07 Å². The Kier molecular flexibility index (Phi) is 4.38. The maximum absolute atomic E-state index is 13.5. The molecule has 1 heterocycles. The summed E-state index contributed by atoms with van der Waals surface area (Å²) in [5, 5.41) is 5.87. The molecule has 0 bridgehead atoms. The molecule has 0 atom stereocenters. The Morgan fingerprint density at radius 2 is 2.05 bits per heavy atom. The predicted octanol–water partition coefficient (Wildman–Crippen LogP) is 3.49. The molecule has 0 saturated heterocycles. The van der Waals surface area contributed by atoms with E-state index in [1.165, 1.54) is 6.92 Å². The van der Waals surface area contributed by atoms with Crippen molar-refractivity contribution in [1.29, 1.82) is 0 Å². The smallest absolute Gasteiger partial charge is 0.277 e. The second kappa shape index (κ2) is 5.90. The summed E-state index contributed by atoms with van der Waals surface area (Å²) in [6, 6.07) is 2.70. The van der Waals surface area contributed by atoms with Crippen LogP contribution in [-0.4, -0.2) is 21.6 Å². The second-order valence-corrected chi connectivity index (χ2v) is 5.11. The molecule has 0 aliphatic rings. The van der Waals surface area contributed by atoms with Gasteiger partial charge >= 0.3 is 0 Å². The van der Waals surface area contributed by atoms with Crippen molar-refractivity contribution in [1.82, 2.24) is 9.78 Å². The zero-order valence-corrected chi connectivity index (χ0v) is 12.8. The van der Waals surface area contributed by atoms with E-state index in [0.717, 1.165) is 16.8 Å². The summed E-state index contributed by atoms with van der Waals surface area (Å²) in [6.07, 6.45) is 0. The summed E-state index contributed by atoms with van der Waals surface area (Å²) < 4.78 is 27.2. The van der Waals surface area contributed by atoms with E-state index in [1.807, 2.05) is 0 Å². The van der Waals surface area contributed by atoms with Gasteiger partial charge in [-0.1, -0.05) is 11.6 Å². The lowest BCUT2D eigenvalue weighted by molar-refractivity contribution is 0.0920. The molecule has 1 N–H and O–H groups in total. The fourth-order valence-corrected chi connectivity index (χ4v) is 2.18. The van der Waals surface area contributed by atoms with Crippen LogP contribution in [0.1, 0.15) is 22.2 Å². The van der Waals surface area contributed by atoms with Crippen molar-refractivity contribution in [2.45, 2.75) is 6.92 Å². The van der Waals surface area contributed by atoms with Crippen molar-refractivity contribution in [3.63, 3.8) is 0 Å². The summed E-state index contributed by atoms with van der Waals surface area (Å²) >= 11 is 8.87. The van der Waals surface area contributed by atoms with Crippen LogP contribution in [0.4, 0.5) is 14.5 Å². The molecule has 2 aromatic rings. The summed E-state index contributed by atoms with van der Waals surface area (Å²) in [4.78, 5) is 23.3. The highest BCUT2D eigenvalue weighted by Crippen LogP contribution is 2.27. The number of carbonyl (C=O) groups excluding carboxylic acids is 2. The molecule has 0 spiro atoms. The number of benzene rings is 1. The van der Waals surface area contributed by atoms with Crippen molar-refractivity contribution in [2.24, 2.45) is 0 Å². The molecule has 0 saturated carbocycles. The lowest BCUT2D eigenvalue weighted by atomic mass is 10.3. The Morgan fingerprint density at radius 3 is 2.57 bits per heavy atom. The average Bonchev–Trinajstić information content (AvgIpc) is 2.70. The van der Waals surface area contributed by atoms with Crippen LogP contribution in [0.25, 0.3) is 0 Å². The second-order valence-electron chi connectivity index (χ2n) is 3.96. The highest BCUT2D eigenvalue weighted by atomic mass is 79.9. The minimum Gasteiger partial charge on any atom is -0.318 e. The number of aromatic nitrogens is 2. The summed E-state index contributed by atoms with van der Waals surface area (Å²) in [7, 11) is 0. The topological polar surface area (TPSA) is 64.0 Å². The Hall–Kier alpha value is -1.80. The largest absolute Gasteiger partial charge is 0.318 e. The van der Waals surface area contributed by atoms with E-state index in [1.54, 1.807) is 0 Å². The van der Waals surface area contributed by atoms with Gasteiger partial charge in [-0.3, -0.25) is 9.59 Å². The van der Waals surface area contributed by atoms with E-state index in [4.69, 9.17) is 11.6 Å². The number of amides is 1. The summed E-state index contributed by atoms with van der Waals surface area (Å²) in [6.45, 7) is 1.21. The molecular weight excluding hydrogens is 372 g/mol. The molecule has 2 rings (SSSR count). The monoisotopic (exact) mass is 377 g/mol. The summed E-state index contributed by atoms with van der Waals surface area (Å²) in [5.74, 6) is -2.99. The van der Waals surface area contributed by atoms with Crippen LogP contribution in [0.15, 0.2) is 22.7 Å². The van der Waals surface area contributed by atoms with Crippen LogP contribution in [0.5, 0.6) is 0 Å². The molecule has 1 aromatic carbocycles. The molecule has 0 radical (unpaired) electrons. The van der Waals surface area contributed by atoms with Gasteiger partial charge in [0, 0.05) is 13.0 Å². The average molecular weight is 379 g/mol. The van der Waals surface area contributed by atoms with Crippen molar-refractivity contribution in [3.05, 3.63) is 45.2 Å². The maximum atomic E-state index is 13.5. The number of hydrogen-bond donors (Lipinski definition) is 1. The van der Waals surface area contributed by atoms with Gasteiger partial charge in [0.15, 0.2) is 10.8 Å². The standard InChI is InChI=1S/C12H7BrClF2N3O2/c1-5(20)19-11(14)9(13)10(18-19)12(21)17-8-3-2-6(15)4-7(8)16/h2-4H,1H3,(H,17,21). The van der Waals surface area contributed by atoms with Gasteiger partial charge in [-0.25, -0.2) is 8.78 Å². The van der Waals surface area contributed by atoms with Crippen LogP contribution < -0.4 is 5.32 Å². The highest BCUT2D eigenvalue weighted by molar-refractivity contribution is 9.10. The third kappa shape index (κ3) is 3.11.